The van der Waals surface area contributed by atoms with Gasteiger partial charge in [0.25, 0.3) is 0 Å². The van der Waals surface area contributed by atoms with Crippen LogP contribution in [0.1, 0.15) is 18.2 Å². The standard InChI is InChI=1S/C12H15N3O2S/c1-7(4-10(16)17-3)15-11-9-5-8(2)18-12(9)14-6-13-11/h5-7H,4H2,1-3H3,(H,13,14,15). The highest BCUT2D eigenvalue weighted by Crippen LogP contribution is 2.27. The molecule has 0 aliphatic carbocycles. The van der Waals surface area contributed by atoms with Crippen LogP contribution in [0.5, 0.6) is 0 Å². The Hall–Kier alpha value is -1.69. The molecule has 96 valence electrons. The third kappa shape index (κ3) is 2.76. The molecule has 6 heteroatoms. The van der Waals surface area contributed by atoms with Gasteiger partial charge >= 0.3 is 5.97 Å². The number of anilines is 1. The Morgan fingerprint density at radius 2 is 2.33 bits per heavy atom. The molecule has 0 aliphatic heterocycles. The lowest BCUT2D eigenvalue weighted by Crippen LogP contribution is -2.21. The number of fused-ring (bicyclic) bond motifs is 1. The van der Waals surface area contributed by atoms with E-state index in [9.17, 15) is 4.79 Å². The molecule has 1 unspecified atom stereocenters. The molecule has 0 saturated heterocycles. The van der Waals surface area contributed by atoms with E-state index >= 15 is 0 Å². The van der Waals surface area contributed by atoms with Gasteiger partial charge in [-0.15, -0.1) is 11.3 Å². The molecule has 18 heavy (non-hydrogen) atoms. The summed E-state index contributed by atoms with van der Waals surface area (Å²) in [6.45, 7) is 3.96. The first-order chi connectivity index (χ1) is 8.60. The molecule has 0 bridgehead atoms. The second-order valence-electron chi connectivity index (χ2n) is 4.12. The third-order valence-corrected chi connectivity index (χ3v) is 3.49. The van der Waals surface area contributed by atoms with E-state index in [0.717, 1.165) is 16.0 Å². The van der Waals surface area contributed by atoms with Crippen molar-refractivity contribution < 1.29 is 9.53 Å². The third-order valence-electron chi connectivity index (χ3n) is 2.54. The number of nitrogens with one attached hydrogen (secondary N) is 1. The van der Waals surface area contributed by atoms with E-state index in [2.05, 4.69) is 20.0 Å². The quantitative estimate of drug-likeness (QED) is 0.860. The minimum atomic E-state index is -0.234. The minimum absolute atomic E-state index is 0.0317. The maximum absolute atomic E-state index is 11.2. The molecule has 1 atom stereocenters. The first-order valence-corrected chi connectivity index (χ1v) is 6.46. The summed E-state index contributed by atoms with van der Waals surface area (Å²) >= 11 is 1.63. The van der Waals surface area contributed by atoms with Crippen LogP contribution >= 0.6 is 11.3 Å². The number of esters is 1. The largest absolute Gasteiger partial charge is 0.469 e. The molecular weight excluding hydrogens is 250 g/mol. The van der Waals surface area contributed by atoms with Crippen molar-refractivity contribution >= 4 is 33.3 Å². The number of thiophene rings is 1. The van der Waals surface area contributed by atoms with Gasteiger partial charge in [-0.2, -0.15) is 0 Å². The van der Waals surface area contributed by atoms with E-state index in [-0.39, 0.29) is 12.0 Å². The number of carbonyl (C=O) groups is 1. The van der Waals surface area contributed by atoms with Crippen molar-refractivity contribution in [2.24, 2.45) is 0 Å². The second-order valence-corrected chi connectivity index (χ2v) is 5.36. The highest BCUT2D eigenvalue weighted by Gasteiger charge is 2.12. The van der Waals surface area contributed by atoms with Crippen molar-refractivity contribution in [3.05, 3.63) is 17.3 Å². The molecule has 0 amide bonds. The van der Waals surface area contributed by atoms with Crippen LogP contribution < -0.4 is 5.32 Å². The van der Waals surface area contributed by atoms with Gasteiger partial charge in [-0.05, 0) is 19.9 Å². The number of nitrogens with zero attached hydrogens (tertiary/aromatic N) is 2. The van der Waals surface area contributed by atoms with Crippen molar-refractivity contribution in [3.63, 3.8) is 0 Å². The summed E-state index contributed by atoms with van der Waals surface area (Å²) in [5, 5.41) is 4.22. The Balaban J connectivity index is 2.18. The molecular formula is C12H15N3O2S. The van der Waals surface area contributed by atoms with Crippen LogP contribution in [0.4, 0.5) is 5.82 Å². The first kappa shape index (κ1) is 12.8. The SMILES string of the molecule is COC(=O)CC(C)Nc1ncnc2sc(C)cc12. The van der Waals surface area contributed by atoms with Gasteiger partial charge < -0.3 is 10.1 Å². The molecule has 5 nitrogen and oxygen atoms in total. The number of aryl methyl sites for hydroxylation is 1. The summed E-state index contributed by atoms with van der Waals surface area (Å²) in [5.41, 5.74) is 0. The molecule has 1 N–H and O–H groups in total. The molecule has 2 heterocycles. The Labute approximate surface area is 109 Å². The van der Waals surface area contributed by atoms with Crippen molar-refractivity contribution in [1.29, 1.82) is 0 Å². The molecule has 2 rings (SSSR count). The summed E-state index contributed by atoms with van der Waals surface area (Å²) in [6.07, 6.45) is 1.84. The fraction of sp³-hybridized carbons (Fsp3) is 0.417. The van der Waals surface area contributed by atoms with Crippen LogP contribution in [-0.2, 0) is 9.53 Å². The van der Waals surface area contributed by atoms with E-state index in [1.54, 1.807) is 11.3 Å². The average molecular weight is 265 g/mol. The predicted octanol–water partition coefficient (Wildman–Crippen LogP) is 2.36. The maximum atomic E-state index is 11.2. The summed E-state index contributed by atoms with van der Waals surface area (Å²) in [6, 6.07) is 2.02. The zero-order chi connectivity index (χ0) is 13.1. The molecule has 0 aromatic carbocycles. The molecule has 0 fully saturated rings. The minimum Gasteiger partial charge on any atom is -0.469 e. The summed E-state index contributed by atoms with van der Waals surface area (Å²) in [4.78, 5) is 21.8. The number of hydrogen-bond donors (Lipinski definition) is 1. The maximum Gasteiger partial charge on any atom is 0.307 e. The number of rotatable bonds is 4. The van der Waals surface area contributed by atoms with Gasteiger partial charge in [0.05, 0.1) is 18.9 Å². The molecule has 0 aliphatic rings. The zero-order valence-electron chi connectivity index (χ0n) is 10.6. The van der Waals surface area contributed by atoms with Crippen LogP contribution in [0.3, 0.4) is 0 Å². The fourth-order valence-electron chi connectivity index (χ4n) is 1.71. The van der Waals surface area contributed by atoms with E-state index in [4.69, 9.17) is 0 Å². The lowest BCUT2D eigenvalue weighted by molar-refractivity contribution is -0.140. The first-order valence-electron chi connectivity index (χ1n) is 5.64. The topological polar surface area (TPSA) is 64.1 Å². The normalized spacial score (nSPS) is 12.4. The van der Waals surface area contributed by atoms with Crippen molar-refractivity contribution in [2.45, 2.75) is 26.3 Å². The molecule has 0 radical (unpaired) electrons. The van der Waals surface area contributed by atoms with E-state index < -0.39 is 0 Å². The Kier molecular flexibility index (Phi) is 3.76. The van der Waals surface area contributed by atoms with Crippen LogP contribution in [-0.4, -0.2) is 29.1 Å². The zero-order valence-corrected chi connectivity index (χ0v) is 11.4. The lowest BCUT2D eigenvalue weighted by atomic mass is 10.2. The highest BCUT2D eigenvalue weighted by atomic mass is 32.1. The van der Waals surface area contributed by atoms with Gasteiger partial charge in [0.1, 0.15) is 17.0 Å². The fourth-order valence-corrected chi connectivity index (χ4v) is 2.56. The van der Waals surface area contributed by atoms with Crippen molar-refractivity contribution in [3.8, 4) is 0 Å². The number of carbonyl (C=O) groups excluding carboxylic acids is 1. The van der Waals surface area contributed by atoms with E-state index in [0.29, 0.717) is 6.42 Å². The molecule has 2 aromatic rings. The average Bonchev–Trinajstić information content (AvgIpc) is 2.70. The highest BCUT2D eigenvalue weighted by molar-refractivity contribution is 7.18. The van der Waals surface area contributed by atoms with Gasteiger partial charge in [-0.3, -0.25) is 4.79 Å². The Morgan fingerprint density at radius 1 is 1.56 bits per heavy atom. The number of hydrogen-bond acceptors (Lipinski definition) is 6. The van der Waals surface area contributed by atoms with Crippen molar-refractivity contribution in [2.75, 3.05) is 12.4 Å². The van der Waals surface area contributed by atoms with Gasteiger partial charge in [-0.25, -0.2) is 9.97 Å². The summed E-state index contributed by atoms with van der Waals surface area (Å²) < 4.78 is 4.64. The van der Waals surface area contributed by atoms with E-state index in [1.807, 2.05) is 19.9 Å². The Morgan fingerprint density at radius 3 is 3.06 bits per heavy atom. The van der Waals surface area contributed by atoms with Crippen molar-refractivity contribution in [1.82, 2.24) is 9.97 Å². The van der Waals surface area contributed by atoms with Gasteiger partial charge in [-0.1, -0.05) is 0 Å². The summed E-state index contributed by atoms with van der Waals surface area (Å²) in [7, 11) is 1.39. The monoisotopic (exact) mass is 265 g/mol. The number of methoxy groups -OCH3 is 1. The van der Waals surface area contributed by atoms with Crippen LogP contribution in [0.25, 0.3) is 10.2 Å². The predicted molar refractivity (Wildman–Crippen MR) is 71.9 cm³/mol. The second kappa shape index (κ2) is 5.30. The Bertz CT molecular complexity index is 567. The molecule has 2 aromatic heterocycles. The number of ether oxygens (including phenoxy) is 1. The lowest BCUT2D eigenvalue weighted by Gasteiger charge is -2.13. The van der Waals surface area contributed by atoms with Crippen LogP contribution in [0, 0.1) is 6.92 Å². The smallest absolute Gasteiger partial charge is 0.307 e. The summed E-state index contributed by atoms with van der Waals surface area (Å²) in [5.74, 6) is 0.530. The van der Waals surface area contributed by atoms with Gasteiger partial charge in [0, 0.05) is 10.9 Å². The molecule has 0 saturated carbocycles. The van der Waals surface area contributed by atoms with Gasteiger partial charge in [0.2, 0.25) is 0 Å². The molecule has 0 spiro atoms. The van der Waals surface area contributed by atoms with Crippen LogP contribution in [0.2, 0.25) is 0 Å². The van der Waals surface area contributed by atoms with Gasteiger partial charge in [0.15, 0.2) is 0 Å². The van der Waals surface area contributed by atoms with E-state index in [1.165, 1.54) is 18.3 Å². The number of aromatic nitrogens is 2. The van der Waals surface area contributed by atoms with Crippen LogP contribution in [0.15, 0.2) is 12.4 Å².